The summed E-state index contributed by atoms with van der Waals surface area (Å²) < 4.78 is 0. The second kappa shape index (κ2) is 17.8. The van der Waals surface area contributed by atoms with Crippen molar-refractivity contribution in [3.8, 4) is 0 Å². The Balaban J connectivity index is 0. The molecule has 4 rings (SSSR count). The number of aryl methyl sites for hydroxylation is 3. The molecular weight excluding hydrogens is 521 g/mol. The van der Waals surface area contributed by atoms with Gasteiger partial charge >= 0.3 is 21.7 Å². The van der Waals surface area contributed by atoms with Gasteiger partial charge in [0.1, 0.15) is 9.52 Å². The Bertz CT molecular complexity index is 1020. The molecule has 35 heavy (non-hydrogen) atoms. The van der Waals surface area contributed by atoms with Gasteiger partial charge in [-0.15, -0.1) is 12.6 Å². The van der Waals surface area contributed by atoms with Crippen LogP contribution in [0.15, 0.2) is 89.5 Å². The summed E-state index contributed by atoms with van der Waals surface area (Å²) >= 11 is 0. The second-order valence-electron chi connectivity index (χ2n) is 8.54. The van der Waals surface area contributed by atoms with E-state index in [0.29, 0.717) is 11.6 Å². The van der Waals surface area contributed by atoms with Crippen molar-refractivity contribution in [3.63, 3.8) is 0 Å². The van der Waals surface area contributed by atoms with Gasteiger partial charge in [0.2, 0.25) is 0 Å². The topological polar surface area (TPSA) is 23.8 Å². The van der Waals surface area contributed by atoms with E-state index in [1.165, 1.54) is 32.7 Å². The van der Waals surface area contributed by atoms with Gasteiger partial charge < -0.3 is 30.5 Å². The molecule has 5 heteroatoms. The molecule has 1 aliphatic carbocycles. The van der Waals surface area contributed by atoms with Crippen LogP contribution in [0.3, 0.4) is 0 Å². The van der Waals surface area contributed by atoms with Crippen molar-refractivity contribution >= 4 is 25.6 Å². The molecule has 0 saturated heterocycles. The molecule has 1 aliphatic rings. The van der Waals surface area contributed by atoms with E-state index in [2.05, 4.69) is 101 Å². The largest absolute Gasteiger partial charge is 4.00 e. The quantitative estimate of drug-likeness (QED) is 0.333. The third kappa shape index (κ3) is 11.8. The maximum Gasteiger partial charge on any atom is 4.00 e. The fraction of sp³-hybridized carbons (Fsp3) is 0.267. The molecule has 0 spiro atoms. The van der Waals surface area contributed by atoms with E-state index in [4.69, 9.17) is 5.73 Å². The van der Waals surface area contributed by atoms with Crippen molar-refractivity contribution in [1.29, 1.82) is 0 Å². The molecular formula is C30H36Cl2NSiTi. The Kier molecular flexibility index (Phi) is 18.1. The SMILES string of the molecule is CC1=[C-]C(C)C(C)=C1C.Cc1cc(C)c([NH-])c(C)c1.[Cl-].[Cl-].[Ti+4].c1ccc([SiH]c2ccccc2)cc1. The smallest absolute Gasteiger partial charge is 1.00 e. The number of allylic oxidation sites excluding steroid dienone is 4. The van der Waals surface area contributed by atoms with E-state index in [0.717, 1.165) is 11.1 Å². The van der Waals surface area contributed by atoms with Gasteiger partial charge in [-0.05, 0) is 20.8 Å². The van der Waals surface area contributed by atoms with Crippen LogP contribution < -0.4 is 35.2 Å². The molecule has 183 valence electrons. The van der Waals surface area contributed by atoms with Gasteiger partial charge in [0.05, 0.1) is 0 Å². The molecule has 0 heterocycles. The summed E-state index contributed by atoms with van der Waals surface area (Å²) in [5.74, 6) is 0.560. The molecule has 3 aromatic rings. The van der Waals surface area contributed by atoms with Crippen LogP contribution in [0.1, 0.15) is 44.4 Å². The summed E-state index contributed by atoms with van der Waals surface area (Å²) in [6, 6.07) is 25.4. The zero-order valence-corrected chi connectivity index (χ0v) is 26.1. The van der Waals surface area contributed by atoms with Crippen molar-refractivity contribution in [1.82, 2.24) is 0 Å². The summed E-state index contributed by atoms with van der Waals surface area (Å²) in [6.07, 6.45) is 3.36. The van der Waals surface area contributed by atoms with E-state index >= 15 is 0 Å². The molecule has 1 radical (unpaired) electrons. The second-order valence-corrected chi connectivity index (χ2v) is 10.2. The Morgan fingerprint density at radius 3 is 1.40 bits per heavy atom. The predicted octanol–water partition coefficient (Wildman–Crippen LogP) is 1.10. The minimum Gasteiger partial charge on any atom is -1.00 e. The van der Waals surface area contributed by atoms with Crippen LogP contribution in [-0.4, -0.2) is 9.52 Å². The Hall–Kier alpha value is -1.55. The fourth-order valence-corrected chi connectivity index (χ4v) is 4.85. The van der Waals surface area contributed by atoms with Gasteiger partial charge in [0.25, 0.3) is 0 Å². The first kappa shape index (κ1) is 35.6. The van der Waals surface area contributed by atoms with E-state index in [9.17, 15) is 0 Å². The summed E-state index contributed by atoms with van der Waals surface area (Å²) in [5.41, 5.74) is 15.8. The minimum absolute atomic E-state index is 0. The molecule has 1 N–H and O–H groups in total. The standard InChI is InChI=1S/C12H11Si.C9H12N.C9H13.2ClH.Ti/c1-3-7-11(8-4-1)13-12-9-5-2-6-10-12;1-6-4-7(2)9(10)8(3)5-6;1-6-5-7(2)9(4)8(6)3;;;/h1-10,13H;4-5,10H,1-3H3;6H,1-4H3;2*1H;/q;2*-1;;;+4/p-2. The Morgan fingerprint density at radius 1 is 0.714 bits per heavy atom. The van der Waals surface area contributed by atoms with Crippen LogP contribution in [-0.2, 0) is 21.7 Å². The van der Waals surface area contributed by atoms with E-state index in [1.54, 1.807) is 0 Å². The molecule has 0 saturated carbocycles. The first-order chi connectivity index (χ1) is 15.2. The average Bonchev–Trinajstić information content (AvgIpc) is 2.99. The van der Waals surface area contributed by atoms with Crippen molar-refractivity contribution in [3.05, 3.63) is 118 Å². The van der Waals surface area contributed by atoms with Crippen molar-refractivity contribution < 1.29 is 46.5 Å². The predicted molar refractivity (Wildman–Crippen MR) is 144 cm³/mol. The monoisotopic (exact) mass is 556 g/mol. The van der Waals surface area contributed by atoms with Crippen LogP contribution in [0, 0.1) is 32.8 Å². The summed E-state index contributed by atoms with van der Waals surface area (Å²) in [6.45, 7) is 14.7. The summed E-state index contributed by atoms with van der Waals surface area (Å²) in [7, 11) is 0.271. The van der Waals surface area contributed by atoms with Crippen LogP contribution >= 0.6 is 0 Å². The third-order valence-corrected chi connectivity index (χ3v) is 7.28. The Labute approximate surface area is 243 Å². The summed E-state index contributed by atoms with van der Waals surface area (Å²) in [5, 5.41) is 2.90. The average molecular weight is 557 g/mol. The van der Waals surface area contributed by atoms with Crippen LogP contribution in [0.5, 0.6) is 0 Å². The molecule has 3 aromatic carbocycles. The van der Waals surface area contributed by atoms with Crippen LogP contribution in [0.25, 0.3) is 5.73 Å². The minimum atomic E-state index is 0. The van der Waals surface area contributed by atoms with Crippen molar-refractivity contribution in [2.24, 2.45) is 5.92 Å². The first-order valence-corrected chi connectivity index (χ1v) is 12.4. The van der Waals surface area contributed by atoms with Gasteiger partial charge in [0, 0.05) is 0 Å². The van der Waals surface area contributed by atoms with Gasteiger partial charge in [0.15, 0.2) is 0 Å². The maximum atomic E-state index is 7.54. The van der Waals surface area contributed by atoms with Gasteiger partial charge in [-0.1, -0.05) is 127 Å². The maximum absolute atomic E-state index is 7.54. The fourth-order valence-electron chi connectivity index (χ4n) is 3.63. The molecule has 1 atom stereocenters. The molecule has 0 aliphatic heterocycles. The molecule has 0 bridgehead atoms. The van der Waals surface area contributed by atoms with Crippen molar-refractivity contribution in [2.45, 2.75) is 48.5 Å². The number of benzene rings is 3. The van der Waals surface area contributed by atoms with E-state index in [-0.39, 0.29) is 56.1 Å². The van der Waals surface area contributed by atoms with E-state index < -0.39 is 0 Å². The number of rotatable bonds is 2. The van der Waals surface area contributed by atoms with Crippen molar-refractivity contribution in [2.75, 3.05) is 0 Å². The molecule has 0 fully saturated rings. The summed E-state index contributed by atoms with van der Waals surface area (Å²) in [4.78, 5) is 0. The number of hydrogen-bond donors (Lipinski definition) is 0. The molecule has 1 unspecified atom stereocenters. The van der Waals surface area contributed by atoms with Gasteiger partial charge in [-0.2, -0.15) is 11.1 Å². The third-order valence-electron chi connectivity index (χ3n) is 5.85. The van der Waals surface area contributed by atoms with E-state index in [1.807, 2.05) is 26.0 Å². The molecule has 0 amide bonds. The van der Waals surface area contributed by atoms with Crippen LogP contribution in [0.4, 0.5) is 5.69 Å². The normalized spacial score (nSPS) is 13.5. The number of halogens is 2. The Morgan fingerprint density at radius 2 is 1.11 bits per heavy atom. The van der Waals surface area contributed by atoms with Gasteiger partial charge in [-0.3, -0.25) is 6.08 Å². The molecule has 0 aromatic heterocycles. The molecule has 1 nitrogen and oxygen atoms in total. The number of nitrogens with one attached hydrogen (secondary N) is 1. The first-order valence-electron chi connectivity index (χ1n) is 11.2. The van der Waals surface area contributed by atoms with Gasteiger partial charge in [-0.25, -0.2) is 5.57 Å². The van der Waals surface area contributed by atoms with Crippen LogP contribution in [0.2, 0.25) is 0 Å². The number of hydrogen-bond acceptors (Lipinski definition) is 0. The zero-order valence-electron chi connectivity index (χ0n) is 21.8. The zero-order chi connectivity index (χ0) is 23.7.